The number of ether oxygens (including phenoxy) is 3. The van der Waals surface area contributed by atoms with Crippen molar-refractivity contribution in [1.29, 1.82) is 0 Å². The number of methoxy groups -OCH3 is 1. The Morgan fingerprint density at radius 3 is 2.50 bits per heavy atom. The number of carbonyl (C=O) groups excluding carboxylic acids is 3. The van der Waals surface area contributed by atoms with Crippen LogP contribution in [0.3, 0.4) is 0 Å². The van der Waals surface area contributed by atoms with E-state index in [2.05, 4.69) is 23.5 Å². The van der Waals surface area contributed by atoms with Crippen molar-refractivity contribution in [2.45, 2.75) is 50.8 Å². The highest BCUT2D eigenvalue weighted by atomic mass is 32.2. The van der Waals surface area contributed by atoms with Gasteiger partial charge in [-0.15, -0.1) is 6.58 Å². The number of hydrogen-bond donors (Lipinski definition) is 2. The Kier molecular flexibility index (Phi) is 8.99. The number of nitrogens with zero attached hydrogens (tertiary/aromatic N) is 3. The van der Waals surface area contributed by atoms with E-state index in [9.17, 15) is 22.8 Å². The van der Waals surface area contributed by atoms with Gasteiger partial charge in [0.25, 0.3) is 5.91 Å². The number of hydrogen-bond acceptors (Lipinski definition) is 9. The van der Waals surface area contributed by atoms with Gasteiger partial charge in [0, 0.05) is 44.1 Å². The number of aromatic nitrogens is 1. The normalized spacial score (nSPS) is 23.2. The van der Waals surface area contributed by atoms with Crippen molar-refractivity contribution in [1.82, 2.24) is 24.2 Å². The Morgan fingerprint density at radius 2 is 1.91 bits per heavy atom. The zero-order chi connectivity index (χ0) is 32.6. The third-order valence-corrected chi connectivity index (χ3v) is 9.01. The van der Waals surface area contributed by atoms with Gasteiger partial charge < -0.3 is 19.5 Å². The van der Waals surface area contributed by atoms with E-state index in [0.29, 0.717) is 11.6 Å². The van der Waals surface area contributed by atoms with Gasteiger partial charge in [-0.2, -0.15) is 12.7 Å². The first-order valence-electron chi connectivity index (χ1n) is 14.0. The van der Waals surface area contributed by atoms with Crippen LogP contribution in [0.25, 0.3) is 10.8 Å². The van der Waals surface area contributed by atoms with Crippen molar-refractivity contribution in [3.05, 3.63) is 55.5 Å². The summed E-state index contributed by atoms with van der Waals surface area (Å²) in [6, 6.07) is 6.19. The van der Waals surface area contributed by atoms with Crippen LogP contribution in [0, 0.1) is 11.8 Å². The number of likely N-dealkylation sites (tertiary alicyclic amines) is 1. The molecule has 2 heterocycles. The first-order chi connectivity index (χ1) is 20.5. The van der Waals surface area contributed by atoms with E-state index >= 15 is 0 Å². The van der Waals surface area contributed by atoms with Crippen molar-refractivity contribution < 1.29 is 37.0 Å². The zero-order valence-electron chi connectivity index (χ0n) is 25.7. The molecule has 2 fully saturated rings. The molecule has 2 N–H and O–H groups in total. The summed E-state index contributed by atoms with van der Waals surface area (Å²) in [5.74, 6) is -1.29. The maximum atomic E-state index is 13.8. The fraction of sp³-hybridized carbons (Fsp3) is 0.467. The molecule has 238 valence electrons. The van der Waals surface area contributed by atoms with E-state index in [4.69, 9.17) is 14.2 Å². The second-order valence-electron chi connectivity index (χ2n) is 12.1. The van der Waals surface area contributed by atoms with Crippen LogP contribution in [-0.2, 0) is 24.5 Å². The number of fused-ring (bicyclic) bond motifs is 1. The summed E-state index contributed by atoms with van der Waals surface area (Å²) in [6.45, 7) is 13.0. The molecule has 14 heteroatoms. The fourth-order valence-electron chi connectivity index (χ4n) is 5.02. The zero-order valence-corrected chi connectivity index (χ0v) is 26.6. The van der Waals surface area contributed by atoms with E-state index in [1.807, 2.05) is 22.9 Å². The second kappa shape index (κ2) is 12.1. The summed E-state index contributed by atoms with van der Waals surface area (Å²) in [5, 5.41) is 4.27. The summed E-state index contributed by atoms with van der Waals surface area (Å²) >= 11 is 0. The molecular formula is C30H39N5O8S. The predicted octanol–water partition coefficient (Wildman–Crippen LogP) is 2.75. The molecular weight excluding hydrogens is 590 g/mol. The number of benzene rings is 1. The van der Waals surface area contributed by atoms with Crippen LogP contribution in [0.5, 0.6) is 11.6 Å². The molecule has 13 nitrogen and oxygen atoms in total. The van der Waals surface area contributed by atoms with E-state index < -0.39 is 57.1 Å². The molecule has 44 heavy (non-hydrogen) atoms. The standard InChI is InChI=1S/C30H39N5O8S/c1-9-21-16-30(21,27(37)33-44(39,40)34(6)7)32-25(36)24-15-20(17-35(24)28(38)43-29(3,4)5)18(2)42-26-23-11-10-22(41-8)14-19(23)12-13-31-26/h9-14,20-21,24H,1-2,15-17H2,3-8H3,(H,32,36)(H,33,37)/t20-,21-,24+,30-/m1/s1. The van der Waals surface area contributed by atoms with Crippen LogP contribution >= 0.6 is 0 Å². The minimum atomic E-state index is -4.12. The van der Waals surface area contributed by atoms with Crippen molar-refractivity contribution in [2.24, 2.45) is 11.8 Å². The highest BCUT2D eigenvalue weighted by Gasteiger charge is 2.61. The molecule has 4 atom stereocenters. The number of rotatable bonds is 10. The summed E-state index contributed by atoms with van der Waals surface area (Å²) in [5.41, 5.74) is -2.38. The lowest BCUT2D eigenvalue weighted by Gasteiger charge is -2.29. The Bertz CT molecular complexity index is 1600. The average Bonchev–Trinajstić information content (AvgIpc) is 3.46. The lowest BCUT2D eigenvalue weighted by Crippen LogP contribution is -2.57. The highest BCUT2D eigenvalue weighted by molar-refractivity contribution is 7.87. The maximum Gasteiger partial charge on any atom is 0.410 e. The smallest absolute Gasteiger partial charge is 0.410 e. The third-order valence-electron chi connectivity index (χ3n) is 7.60. The van der Waals surface area contributed by atoms with Gasteiger partial charge in [-0.3, -0.25) is 14.5 Å². The quantitative estimate of drug-likeness (QED) is 0.298. The van der Waals surface area contributed by atoms with Crippen molar-refractivity contribution in [3.8, 4) is 11.6 Å². The van der Waals surface area contributed by atoms with Gasteiger partial charge in [-0.25, -0.2) is 14.5 Å². The van der Waals surface area contributed by atoms with E-state index in [-0.39, 0.29) is 25.1 Å². The van der Waals surface area contributed by atoms with Crippen LogP contribution in [0.2, 0.25) is 0 Å². The molecule has 0 radical (unpaired) electrons. The molecule has 0 unspecified atom stereocenters. The molecule has 3 amide bonds. The first kappa shape index (κ1) is 32.7. The van der Waals surface area contributed by atoms with E-state index in [1.165, 1.54) is 25.1 Å². The first-order valence-corrected chi connectivity index (χ1v) is 15.4. The fourth-order valence-corrected chi connectivity index (χ4v) is 5.62. The summed E-state index contributed by atoms with van der Waals surface area (Å²) in [7, 11) is 0.00339. The third kappa shape index (κ3) is 6.81. The largest absolute Gasteiger partial charge is 0.497 e. The van der Waals surface area contributed by atoms with Crippen molar-refractivity contribution in [2.75, 3.05) is 27.7 Å². The van der Waals surface area contributed by atoms with Gasteiger partial charge in [-0.05, 0) is 63.3 Å². The van der Waals surface area contributed by atoms with E-state index in [0.717, 1.165) is 15.1 Å². The molecule has 1 aliphatic heterocycles. The highest BCUT2D eigenvalue weighted by Crippen LogP contribution is 2.45. The van der Waals surface area contributed by atoms with Crippen LogP contribution in [-0.4, -0.2) is 85.4 Å². The number of nitrogens with one attached hydrogen (secondary N) is 2. The number of pyridine rings is 1. The molecule has 0 spiro atoms. The van der Waals surface area contributed by atoms with Gasteiger partial charge in [0.2, 0.25) is 11.8 Å². The minimum Gasteiger partial charge on any atom is -0.497 e. The lowest BCUT2D eigenvalue weighted by atomic mass is 10.0. The molecule has 1 aromatic carbocycles. The van der Waals surface area contributed by atoms with Gasteiger partial charge in [0.1, 0.15) is 28.7 Å². The molecule has 1 aliphatic carbocycles. The molecule has 1 aromatic heterocycles. The van der Waals surface area contributed by atoms with Crippen LogP contribution in [0.4, 0.5) is 4.79 Å². The second-order valence-corrected chi connectivity index (χ2v) is 14.0. The molecule has 2 aromatic rings. The van der Waals surface area contributed by atoms with Gasteiger partial charge in [-0.1, -0.05) is 12.7 Å². The molecule has 1 saturated heterocycles. The number of amides is 3. The molecule has 4 rings (SSSR count). The van der Waals surface area contributed by atoms with Crippen LogP contribution < -0.4 is 19.5 Å². The van der Waals surface area contributed by atoms with Gasteiger partial charge in [0.05, 0.1) is 7.11 Å². The Morgan fingerprint density at radius 1 is 1.20 bits per heavy atom. The minimum absolute atomic E-state index is 0.0452. The van der Waals surface area contributed by atoms with Gasteiger partial charge in [0.15, 0.2) is 0 Å². The number of carbonyl (C=O) groups is 3. The summed E-state index contributed by atoms with van der Waals surface area (Å²) in [6.07, 6.45) is 2.60. The SMILES string of the molecule is C=C[C@@H]1C[C@]1(NC(=O)[C@@H]1C[C@@H](C(=C)Oc2nccc3cc(OC)ccc23)CN1C(=O)OC(C)(C)C)C(=O)NS(=O)(=O)N(C)C. The van der Waals surface area contributed by atoms with Crippen molar-refractivity contribution in [3.63, 3.8) is 0 Å². The topological polar surface area (TPSA) is 156 Å². The Hall–Kier alpha value is -4.17. The van der Waals surface area contributed by atoms with E-state index in [1.54, 1.807) is 40.1 Å². The van der Waals surface area contributed by atoms with Crippen molar-refractivity contribution >= 4 is 38.9 Å². The molecule has 0 bridgehead atoms. The lowest BCUT2D eigenvalue weighted by molar-refractivity contribution is -0.131. The molecule has 1 saturated carbocycles. The maximum absolute atomic E-state index is 13.8. The van der Waals surface area contributed by atoms with Crippen LogP contribution in [0.15, 0.2) is 55.5 Å². The average molecular weight is 630 g/mol. The monoisotopic (exact) mass is 629 g/mol. The Balaban J connectivity index is 1.57. The molecule has 2 aliphatic rings. The predicted molar refractivity (Wildman–Crippen MR) is 163 cm³/mol. The summed E-state index contributed by atoms with van der Waals surface area (Å²) < 4.78 is 44.6. The Labute approximate surface area is 257 Å². The summed E-state index contributed by atoms with van der Waals surface area (Å²) in [4.78, 5) is 45.8. The van der Waals surface area contributed by atoms with Crippen LogP contribution in [0.1, 0.15) is 33.6 Å². The van der Waals surface area contributed by atoms with Gasteiger partial charge >= 0.3 is 16.3 Å².